The minimum absolute atomic E-state index is 0.200. The van der Waals surface area contributed by atoms with Gasteiger partial charge in [0.25, 0.3) is 0 Å². The van der Waals surface area contributed by atoms with Crippen LogP contribution in [-0.2, 0) is 0 Å². The van der Waals surface area contributed by atoms with E-state index in [1.807, 2.05) is 6.07 Å². The van der Waals surface area contributed by atoms with E-state index < -0.39 is 0 Å². The number of nitrogens with one attached hydrogen (secondary N) is 1. The van der Waals surface area contributed by atoms with Crippen LogP contribution in [0, 0.1) is 12.8 Å². The lowest BCUT2D eigenvalue weighted by atomic mass is 9.99. The first kappa shape index (κ1) is 16.3. The van der Waals surface area contributed by atoms with E-state index in [4.69, 9.17) is 0 Å². The average Bonchev–Trinajstić information content (AvgIpc) is 2.47. The number of likely N-dealkylation sites (tertiary alicyclic amines) is 1. The molecule has 3 nitrogen and oxygen atoms in total. The maximum absolute atomic E-state index is 9.94. The predicted octanol–water partition coefficient (Wildman–Crippen LogP) is 3.47. The van der Waals surface area contributed by atoms with Crippen LogP contribution >= 0.6 is 0 Å². The van der Waals surface area contributed by atoms with Crippen LogP contribution in [0.3, 0.4) is 0 Å². The average molecular weight is 290 g/mol. The summed E-state index contributed by atoms with van der Waals surface area (Å²) in [5.74, 6) is 1.30. The zero-order chi connectivity index (χ0) is 15.2. The maximum atomic E-state index is 9.94. The van der Waals surface area contributed by atoms with Crippen molar-refractivity contribution in [3.05, 3.63) is 29.3 Å². The van der Waals surface area contributed by atoms with Crippen LogP contribution < -0.4 is 5.32 Å². The summed E-state index contributed by atoms with van der Waals surface area (Å²) in [4.78, 5) is 2.58. The predicted molar refractivity (Wildman–Crippen MR) is 88.7 cm³/mol. The Morgan fingerprint density at radius 1 is 1.33 bits per heavy atom. The third kappa shape index (κ3) is 5.01. The molecule has 1 heterocycles. The molecule has 0 spiro atoms. The fourth-order valence-electron chi connectivity index (χ4n) is 3.04. The van der Waals surface area contributed by atoms with Gasteiger partial charge in [-0.25, -0.2) is 0 Å². The van der Waals surface area contributed by atoms with Crippen molar-refractivity contribution in [1.29, 1.82) is 0 Å². The summed E-state index contributed by atoms with van der Waals surface area (Å²) in [6.45, 7) is 11.2. The van der Waals surface area contributed by atoms with Crippen LogP contribution in [-0.4, -0.2) is 36.2 Å². The van der Waals surface area contributed by atoms with Gasteiger partial charge >= 0.3 is 0 Å². The van der Waals surface area contributed by atoms with Crippen molar-refractivity contribution < 1.29 is 5.11 Å². The van der Waals surface area contributed by atoms with E-state index >= 15 is 0 Å². The number of aryl methyl sites for hydroxylation is 1. The normalized spacial score (nSPS) is 18.8. The highest BCUT2D eigenvalue weighted by Crippen LogP contribution is 2.24. The standard InChI is InChI=1S/C18H30N2O/c1-14-7-11-20(12-8-14)10-4-9-19-16(3)17-13-15(2)5-6-18(17)21/h5-6,13-14,16,19,21H,4,7-12H2,1-3H3. The van der Waals surface area contributed by atoms with Gasteiger partial charge in [0, 0.05) is 11.6 Å². The van der Waals surface area contributed by atoms with E-state index in [0.717, 1.165) is 18.0 Å². The molecule has 2 rings (SSSR count). The van der Waals surface area contributed by atoms with Crippen LogP contribution in [0.1, 0.15) is 50.3 Å². The number of hydrogen-bond donors (Lipinski definition) is 2. The van der Waals surface area contributed by atoms with Crippen LogP contribution in [0.5, 0.6) is 5.75 Å². The third-order valence-electron chi connectivity index (χ3n) is 4.63. The van der Waals surface area contributed by atoms with Crippen molar-refractivity contribution >= 4 is 0 Å². The van der Waals surface area contributed by atoms with Crippen LogP contribution in [0.25, 0.3) is 0 Å². The van der Waals surface area contributed by atoms with Gasteiger partial charge in [-0.15, -0.1) is 0 Å². The van der Waals surface area contributed by atoms with Crippen LogP contribution in [0.15, 0.2) is 18.2 Å². The summed E-state index contributed by atoms with van der Waals surface area (Å²) < 4.78 is 0. The number of phenols is 1. The third-order valence-corrected chi connectivity index (χ3v) is 4.63. The van der Waals surface area contributed by atoms with Crippen molar-refractivity contribution in [1.82, 2.24) is 10.2 Å². The van der Waals surface area contributed by atoms with Crippen LogP contribution in [0.2, 0.25) is 0 Å². The number of rotatable bonds is 6. The molecule has 2 N–H and O–H groups in total. The van der Waals surface area contributed by atoms with Gasteiger partial charge in [0.05, 0.1) is 0 Å². The molecule has 1 aromatic rings. The summed E-state index contributed by atoms with van der Waals surface area (Å²) in [7, 11) is 0. The molecule has 0 amide bonds. The number of piperidine rings is 1. The largest absolute Gasteiger partial charge is 0.508 e. The lowest BCUT2D eigenvalue weighted by Crippen LogP contribution is -2.35. The van der Waals surface area contributed by atoms with Crippen molar-refractivity contribution in [2.75, 3.05) is 26.2 Å². The van der Waals surface area contributed by atoms with Gasteiger partial charge in [0.2, 0.25) is 0 Å². The Morgan fingerprint density at radius 2 is 2.05 bits per heavy atom. The monoisotopic (exact) mass is 290 g/mol. The van der Waals surface area contributed by atoms with E-state index in [0.29, 0.717) is 5.75 Å². The second-order valence-corrected chi connectivity index (χ2v) is 6.62. The SMILES string of the molecule is Cc1ccc(O)c(C(C)NCCCN2CCC(C)CC2)c1. The number of aromatic hydroxyl groups is 1. The van der Waals surface area contributed by atoms with E-state index in [9.17, 15) is 5.11 Å². The molecule has 118 valence electrons. The Balaban J connectivity index is 1.69. The molecule has 1 fully saturated rings. The van der Waals surface area contributed by atoms with Gasteiger partial charge in [-0.1, -0.05) is 24.6 Å². The fraction of sp³-hybridized carbons (Fsp3) is 0.667. The Morgan fingerprint density at radius 3 is 2.76 bits per heavy atom. The van der Waals surface area contributed by atoms with Gasteiger partial charge in [0.15, 0.2) is 0 Å². The van der Waals surface area contributed by atoms with Gasteiger partial charge in [0.1, 0.15) is 5.75 Å². The molecule has 1 unspecified atom stereocenters. The summed E-state index contributed by atoms with van der Waals surface area (Å²) in [6, 6.07) is 6.01. The van der Waals surface area contributed by atoms with E-state index in [1.54, 1.807) is 6.07 Å². The van der Waals surface area contributed by atoms with Gasteiger partial charge in [-0.05, 0) is 71.3 Å². The molecule has 1 aliphatic rings. The van der Waals surface area contributed by atoms with E-state index in [-0.39, 0.29) is 6.04 Å². The zero-order valence-corrected chi connectivity index (χ0v) is 13.7. The minimum Gasteiger partial charge on any atom is -0.508 e. The Kier molecular flexibility index (Phi) is 6.07. The first-order valence-electron chi connectivity index (χ1n) is 8.31. The van der Waals surface area contributed by atoms with Crippen molar-refractivity contribution in [2.45, 2.75) is 46.1 Å². The summed E-state index contributed by atoms with van der Waals surface area (Å²) in [5.41, 5.74) is 2.20. The molecule has 21 heavy (non-hydrogen) atoms. The molecule has 1 saturated heterocycles. The van der Waals surface area contributed by atoms with Crippen LogP contribution in [0.4, 0.5) is 0 Å². The highest BCUT2D eigenvalue weighted by molar-refractivity contribution is 5.37. The van der Waals surface area contributed by atoms with Crippen molar-refractivity contribution in [2.24, 2.45) is 5.92 Å². The summed E-state index contributed by atoms with van der Waals surface area (Å²) >= 11 is 0. The molecule has 1 aromatic carbocycles. The first-order valence-corrected chi connectivity index (χ1v) is 8.31. The second-order valence-electron chi connectivity index (χ2n) is 6.62. The number of benzene rings is 1. The molecule has 0 aromatic heterocycles. The molecular formula is C18H30N2O. The highest BCUT2D eigenvalue weighted by Gasteiger charge is 2.15. The molecule has 0 aliphatic carbocycles. The molecule has 1 atom stereocenters. The van der Waals surface area contributed by atoms with E-state index in [1.165, 1.54) is 44.5 Å². The zero-order valence-electron chi connectivity index (χ0n) is 13.7. The van der Waals surface area contributed by atoms with Gasteiger partial charge in [-0.3, -0.25) is 0 Å². The minimum atomic E-state index is 0.200. The molecule has 0 radical (unpaired) electrons. The molecule has 1 aliphatic heterocycles. The Bertz CT molecular complexity index is 439. The Hall–Kier alpha value is -1.06. The topological polar surface area (TPSA) is 35.5 Å². The second kappa shape index (κ2) is 7.81. The van der Waals surface area contributed by atoms with Gasteiger partial charge in [-0.2, -0.15) is 0 Å². The quantitative estimate of drug-likeness (QED) is 0.787. The fourth-order valence-corrected chi connectivity index (χ4v) is 3.04. The maximum Gasteiger partial charge on any atom is 0.120 e. The highest BCUT2D eigenvalue weighted by atomic mass is 16.3. The lowest BCUT2D eigenvalue weighted by Gasteiger charge is -2.30. The molecule has 0 bridgehead atoms. The smallest absolute Gasteiger partial charge is 0.120 e. The summed E-state index contributed by atoms with van der Waals surface area (Å²) in [6.07, 6.45) is 3.87. The molecular weight excluding hydrogens is 260 g/mol. The van der Waals surface area contributed by atoms with E-state index in [2.05, 4.69) is 37.1 Å². The molecule has 0 saturated carbocycles. The lowest BCUT2D eigenvalue weighted by molar-refractivity contribution is 0.190. The summed E-state index contributed by atoms with van der Waals surface area (Å²) in [5, 5.41) is 13.5. The number of phenolic OH excluding ortho intramolecular Hbond substituents is 1. The number of hydrogen-bond acceptors (Lipinski definition) is 3. The van der Waals surface area contributed by atoms with Crippen molar-refractivity contribution in [3.63, 3.8) is 0 Å². The van der Waals surface area contributed by atoms with Crippen molar-refractivity contribution in [3.8, 4) is 5.75 Å². The number of nitrogens with zero attached hydrogens (tertiary/aromatic N) is 1. The Labute approximate surface area is 129 Å². The molecule has 3 heteroatoms. The first-order chi connectivity index (χ1) is 10.1. The van der Waals surface area contributed by atoms with Gasteiger partial charge < -0.3 is 15.3 Å².